The number of H-pyrrole nitrogens is 1. The highest BCUT2D eigenvalue weighted by Gasteiger charge is 2.26. The SMILES string of the molecule is CSCCC(NC(=O)c1ccc(C(C)(C)C)cc1)C(=O)OCC(=O)c1[nH]c(C)c(C(C)=O)c1C. The summed E-state index contributed by atoms with van der Waals surface area (Å²) < 4.78 is 5.27. The predicted molar refractivity (Wildman–Crippen MR) is 135 cm³/mol. The first-order chi connectivity index (χ1) is 15.9. The zero-order valence-corrected chi connectivity index (χ0v) is 21.8. The number of aromatic nitrogens is 1. The Morgan fingerprint density at radius 2 is 1.71 bits per heavy atom. The second-order valence-corrected chi connectivity index (χ2v) is 10.3. The number of ether oxygens (including phenoxy) is 1. The molecule has 1 unspecified atom stereocenters. The number of carbonyl (C=O) groups is 4. The van der Waals surface area contributed by atoms with Gasteiger partial charge in [0.25, 0.3) is 5.91 Å². The molecular formula is C26H34N2O5S. The third kappa shape index (κ3) is 6.82. The normalized spacial score (nSPS) is 12.2. The molecule has 34 heavy (non-hydrogen) atoms. The first-order valence-corrected chi connectivity index (χ1v) is 12.6. The molecule has 0 aliphatic carbocycles. The number of esters is 1. The molecular weight excluding hydrogens is 452 g/mol. The number of benzene rings is 1. The number of nitrogens with one attached hydrogen (secondary N) is 2. The van der Waals surface area contributed by atoms with Crippen LogP contribution in [0.15, 0.2) is 24.3 Å². The maximum absolute atomic E-state index is 12.8. The van der Waals surface area contributed by atoms with Crippen molar-refractivity contribution in [2.75, 3.05) is 18.6 Å². The van der Waals surface area contributed by atoms with E-state index in [0.29, 0.717) is 34.6 Å². The molecule has 0 saturated carbocycles. The highest BCUT2D eigenvalue weighted by molar-refractivity contribution is 7.98. The summed E-state index contributed by atoms with van der Waals surface area (Å²) in [5, 5.41) is 2.74. The van der Waals surface area contributed by atoms with Gasteiger partial charge in [0, 0.05) is 16.8 Å². The van der Waals surface area contributed by atoms with Crippen LogP contribution >= 0.6 is 11.8 Å². The molecule has 8 heteroatoms. The largest absolute Gasteiger partial charge is 0.456 e. The lowest BCUT2D eigenvalue weighted by atomic mass is 9.86. The second kappa shape index (κ2) is 11.5. The highest BCUT2D eigenvalue weighted by atomic mass is 32.2. The average molecular weight is 487 g/mol. The summed E-state index contributed by atoms with van der Waals surface area (Å²) in [6.45, 7) is 10.6. The van der Waals surface area contributed by atoms with Crippen molar-refractivity contribution in [2.45, 2.75) is 59.4 Å². The van der Waals surface area contributed by atoms with E-state index in [0.717, 1.165) is 5.56 Å². The number of carbonyl (C=O) groups excluding carboxylic acids is 4. The van der Waals surface area contributed by atoms with E-state index in [4.69, 9.17) is 4.74 Å². The summed E-state index contributed by atoms with van der Waals surface area (Å²) in [4.78, 5) is 52.9. The first kappa shape index (κ1) is 27.4. The van der Waals surface area contributed by atoms with E-state index in [9.17, 15) is 19.2 Å². The fourth-order valence-corrected chi connectivity index (χ4v) is 4.19. The van der Waals surface area contributed by atoms with Crippen molar-refractivity contribution in [1.29, 1.82) is 0 Å². The first-order valence-electron chi connectivity index (χ1n) is 11.2. The van der Waals surface area contributed by atoms with Gasteiger partial charge in [-0.3, -0.25) is 14.4 Å². The predicted octanol–water partition coefficient (Wildman–Crippen LogP) is 4.41. The van der Waals surface area contributed by atoms with Gasteiger partial charge < -0.3 is 15.0 Å². The lowest BCUT2D eigenvalue weighted by Gasteiger charge is -2.20. The number of hydrogen-bond donors (Lipinski definition) is 2. The molecule has 0 bridgehead atoms. The van der Waals surface area contributed by atoms with Crippen molar-refractivity contribution >= 4 is 35.2 Å². The van der Waals surface area contributed by atoms with Crippen LogP contribution < -0.4 is 5.32 Å². The van der Waals surface area contributed by atoms with Crippen LogP contribution in [0.25, 0.3) is 0 Å². The van der Waals surface area contributed by atoms with Crippen LogP contribution in [0.1, 0.15) is 82.1 Å². The monoisotopic (exact) mass is 486 g/mol. The number of Topliss-reactive ketones (excluding diaryl/α,β-unsaturated/α-hetero) is 2. The summed E-state index contributed by atoms with van der Waals surface area (Å²) >= 11 is 1.54. The summed E-state index contributed by atoms with van der Waals surface area (Å²) in [7, 11) is 0. The van der Waals surface area contributed by atoms with Crippen molar-refractivity contribution in [3.8, 4) is 0 Å². The smallest absolute Gasteiger partial charge is 0.329 e. The van der Waals surface area contributed by atoms with Crippen LogP contribution in [-0.2, 0) is 14.9 Å². The minimum Gasteiger partial charge on any atom is -0.456 e. The Balaban J connectivity index is 2.07. The van der Waals surface area contributed by atoms with Crippen molar-refractivity contribution in [1.82, 2.24) is 10.3 Å². The van der Waals surface area contributed by atoms with Crippen molar-refractivity contribution in [3.63, 3.8) is 0 Å². The number of aromatic amines is 1. The van der Waals surface area contributed by atoms with Crippen LogP contribution in [0.3, 0.4) is 0 Å². The van der Waals surface area contributed by atoms with Crippen LogP contribution in [-0.4, -0.2) is 53.1 Å². The molecule has 2 aromatic rings. The van der Waals surface area contributed by atoms with E-state index in [2.05, 4.69) is 31.1 Å². The van der Waals surface area contributed by atoms with Crippen LogP contribution in [0.2, 0.25) is 0 Å². The van der Waals surface area contributed by atoms with Crippen LogP contribution in [0.4, 0.5) is 0 Å². The Bertz CT molecular complexity index is 1060. The van der Waals surface area contributed by atoms with Gasteiger partial charge in [-0.1, -0.05) is 32.9 Å². The molecule has 0 fully saturated rings. The average Bonchev–Trinajstić information content (AvgIpc) is 3.08. The number of aryl methyl sites for hydroxylation is 1. The quantitative estimate of drug-likeness (QED) is 0.381. The lowest BCUT2D eigenvalue weighted by Crippen LogP contribution is -2.42. The molecule has 0 aliphatic heterocycles. The molecule has 0 saturated heterocycles. The molecule has 1 aromatic carbocycles. The molecule has 2 rings (SSSR count). The number of ketones is 2. The van der Waals surface area contributed by atoms with Crippen molar-refractivity contribution in [2.24, 2.45) is 0 Å². The minimum atomic E-state index is -0.880. The molecule has 184 valence electrons. The Hall–Kier alpha value is -2.87. The zero-order valence-electron chi connectivity index (χ0n) is 21.0. The van der Waals surface area contributed by atoms with E-state index in [-0.39, 0.29) is 22.8 Å². The summed E-state index contributed by atoms with van der Waals surface area (Å²) in [5.41, 5.74) is 3.37. The van der Waals surface area contributed by atoms with E-state index in [1.54, 1.807) is 37.7 Å². The summed E-state index contributed by atoms with van der Waals surface area (Å²) in [6.07, 6.45) is 2.27. The van der Waals surface area contributed by atoms with Gasteiger partial charge in [-0.05, 0) is 67.9 Å². The number of rotatable bonds is 10. The van der Waals surface area contributed by atoms with E-state index in [1.807, 2.05) is 18.4 Å². The standard InChI is InChI=1S/C26H34N2O5S/c1-15-22(17(3)29)16(2)27-23(15)21(30)14-33-25(32)20(12-13-34-7)28-24(31)18-8-10-19(11-9-18)26(4,5)6/h8-11,20,27H,12-14H2,1-7H3,(H,28,31). The van der Waals surface area contributed by atoms with Gasteiger partial charge >= 0.3 is 5.97 Å². The Labute approximate surface area is 205 Å². The Kier molecular flexibility index (Phi) is 9.27. The van der Waals surface area contributed by atoms with Crippen molar-refractivity contribution < 1.29 is 23.9 Å². The molecule has 7 nitrogen and oxygen atoms in total. The van der Waals surface area contributed by atoms with Gasteiger partial charge in [-0.25, -0.2) is 4.79 Å². The maximum Gasteiger partial charge on any atom is 0.329 e. The van der Waals surface area contributed by atoms with Crippen molar-refractivity contribution in [3.05, 3.63) is 57.9 Å². The topological polar surface area (TPSA) is 105 Å². The third-order valence-corrected chi connectivity index (χ3v) is 6.27. The number of thioether (sulfide) groups is 1. The number of amides is 1. The second-order valence-electron chi connectivity index (χ2n) is 9.35. The van der Waals surface area contributed by atoms with Crippen LogP contribution in [0.5, 0.6) is 0 Å². The van der Waals surface area contributed by atoms with Crippen LogP contribution in [0, 0.1) is 13.8 Å². The molecule has 1 amide bonds. The lowest BCUT2D eigenvalue weighted by molar-refractivity contribution is -0.144. The van der Waals surface area contributed by atoms with E-state index >= 15 is 0 Å². The van der Waals surface area contributed by atoms with E-state index in [1.165, 1.54) is 6.92 Å². The van der Waals surface area contributed by atoms with Gasteiger partial charge in [0.15, 0.2) is 12.4 Å². The van der Waals surface area contributed by atoms with Gasteiger partial charge in [0.1, 0.15) is 6.04 Å². The zero-order chi connectivity index (χ0) is 25.6. The summed E-state index contributed by atoms with van der Waals surface area (Å²) in [5.74, 6) is -0.994. The molecule has 1 aromatic heterocycles. The van der Waals surface area contributed by atoms with E-state index < -0.39 is 24.4 Å². The Morgan fingerprint density at radius 1 is 1.09 bits per heavy atom. The fourth-order valence-electron chi connectivity index (χ4n) is 3.71. The minimum absolute atomic E-state index is 0.0343. The van der Waals surface area contributed by atoms with Gasteiger partial charge in [-0.15, -0.1) is 0 Å². The Morgan fingerprint density at radius 3 is 2.21 bits per heavy atom. The van der Waals surface area contributed by atoms with Gasteiger partial charge in [0.05, 0.1) is 5.69 Å². The molecule has 2 N–H and O–H groups in total. The number of hydrogen-bond acceptors (Lipinski definition) is 6. The fraction of sp³-hybridized carbons (Fsp3) is 0.462. The van der Waals surface area contributed by atoms with Gasteiger partial charge in [-0.2, -0.15) is 11.8 Å². The summed E-state index contributed by atoms with van der Waals surface area (Å²) in [6, 6.07) is 6.39. The molecule has 0 aliphatic rings. The maximum atomic E-state index is 12.8. The van der Waals surface area contributed by atoms with Gasteiger partial charge in [0.2, 0.25) is 5.78 Å². The highest BCUT2D eigenvalue weighted by Crippen LogP contribution is 2.22. The molecule has 1 atom stereocenters. The third-order valence-electron chi connectivity index (χ3n) is 5.63. The molecule has 0 spiro atoms. The molecule has 0 radical (unpaired) electrons. The molecule has 1 heterocycles.